The van der Waals surface area contributed by atoms with Gasteiger partial charge >= 0.3 is 6.09 Å². The number of halogens is 2. The summed E-state index contributed by atoms with van der Waals surface area (Å²) in [6.07, 6.45) is 0.472. The maximum atomic E-state index is 13.6. The van der Waals surface area contributed by atoms with Crippen LogP contribution in [0, 0.1) is 5.82 Å². The standard InChI is InChI=1S/C17H17ClFN3O4/c1-17(2,3)26-16(24)22-21-14(23)10-4-6-12(7-5-10)25-15-13(19)8-11(18)9-20-15/h4-9H,1-3H3,(H,21,23)(H,22,24). The van der Waals surface area contributed by atoms with Crippen LogP contribution in [0.1, 0.15) is 31.1 Å². The molecule has 7 nitrogen and oxygen atoms in total. The van der Waals surface area contributed by atoms with Crippen LogP contribution in [0.15, 0.2) is 36.5 Å². The van der Waals surface area contributed by atoms with Crippen molar-refractivity contribution in [3.05, 3.63) is 52.9 Å². The van der Waals surface area contributed by atoms with Crippen LogP contribution < -0.4 is 15.6 Å². The molecule has 2 aromatic rings. The quantitative estimate of drug-likeness (QED) is 0.788. The van der Waals surface area contributed by atoms with Gasteiger partial charge in [0.15, 0.2) is 5.82 Å². The minimum absolute atomic E-state index is 0.152. The molecule has 0 spiro atoms. The maximum Gasteiger partial charge on any atom is 0.426 e. The summed E-state index contributed by atoms with van der Waals surface area (Å²) in [5.41, 5.74) is 3.92. The topological polar surface area (TPSA) is 89.6 Å². The predicted molar refractivity (Wildman–Crippen MR) is 92.6 cm³/mol. The number of ether oxygens (including phenoxy) is 2. The van der Waals surface area contributed by atoms with Crippen molar-refractivity contribution in [2.45, 2.75) is 26.4 Å². The minimum Gasteiger partial charge on any atom is -0.443 e. The van der Waals surface area contributed by atoms with Gasteiger partial charge in [0.2, 0.25) is 0 Å². The molecule has 0 bridgehead atoms. The molecule has 0 aliphatic carbocycles. The summed E-state index contributed by atoms with van der Waals surface area (Å²) in [7, 11) is 0. The average molecular weight is 382 g/mol. The van der Waals surface area contributed by atoms with Gasteiger partial charge in [-0.05, 0) is 51.1 Å². The molecule has 9 heteroatoms. The fourth-order valence-electron chi connectivity index (χ4n) is 1.75. The van der Waals surface area contributed by atoms with E-state index in [0.717, 1.165) is 6.07 Å². The van der Waals surface area contributed by atoms with Crippen molar-refractivity contribution in [3.8, 4) is 11.6 Å². The second kappa shape index (κ2) is 8.01. The molecular weight excluding hydrogens is 365 g/mol. The Morgan fingerprint density at radius 1 is 1.15 bits per heavy atom. The van der Waals surface area contributed by atoms with Crippen LogP contribution in [0.5, 0.6) is 11.6 Å². The largest absolute Gasteiger partial charge is 0.443 e. The van der Waals surface area contributed by atoms with Crippen LogP contribution in [0.3, 0.4) is 0 Å². The Kier molecular flexibility index (Phi) is 5.99. The third-order valence-corrected chi connectivity index (χ3v) is 2.99. The fourth-order valence-corrected chi connectivity index (χ4v) is 1.89. The molecule has 2 N–H and O–H groups in total. The number of nitrogens with zero attached hydrogens (tertiary/aromatic N) is 1. The highest BCUT2D eigenvalue weighted by atomic mass is 35.5. The van der Waals surface area contributed by atoms with Crippen LogP contribution in [0.25, 0.3) is 0 Å². The lowest BCUT2D eigenvalue weighted by atomic mass is 10.2. The first-order chi connectivity index (χ1) is 12.1. The second-order valence-electron chi connectivity index (χ2n) is 6.15. The van der Waals surface area contributed by atoms with Gasteiger partial charge < -0.3 is 9.47 Å². The van der Waals surface area contributed by atoms with Gasteiger partial charge in [0.05, 0.1) is 5.02 Å². The van der Waals surface area contributed by atoms with Crippen molar-refractivity contribution < 1.29 is 23.5 Å². The Morgan fingerprint density at radius 2 is 1.81 bits per heavy atom. The molecule has 0 aliphatic heterocycles. The van der Waals surface area contributed by atoms with E-state index in [-0.39, 0.29) is 22.2 Å². The van der Waals surface area contributed by atoms with Crippen LogP contribution in [0.2, 0.25) is 5.02 Å². The average Bonchev–Trinajstić information content (AvgIpc) is 2.54. The molecule has 0 aliphatic rings. The summed E-state index contributed by atoms with van der Waals surface area (Å²) >= 11 is 5.62. The van der Waals surface area contributed by atoms with E-state index in [4.69, 9.17) is 21.1 Å². The zero-order chi connectivity index (χ0) is 19.3. The molecule has 26 heavy (non-hydrogen) atoms. The van der Waals surface area contributed by atoms with E-state index < -0.39 is 23.4 Å². The number of rotatable bonds is 3. The maximum absolute atomic E-state index is 13.6. The van der Waals surface area contributed by atoms with Gasteiger partial charge in [0.25, 0.3) is 11.8 Å². The van der Waals surface area contributed by atoms with Crippen molar-refractivity contribution in [2.75, 3.05) is 0 Å². The molecule has 0 unspecified atom stereocenters. The summed E-state index contributed by atoms with van der Waals surface area (Å²) in [6.45, 7) is 5.10. The fraction of sp³-hybridized carbons (Fsp3) is 0.235. The third-order valence-electron chi connectivity index (χ3n) is 2.78. The Hall–Kier alpha value is -2.87. The van der Waals surface area contributed by atoms with Gasteiger partial charge in [-0.2, -0.15) is 0 Å². The summed E-state index contributed by atoms with van der Waals surface area (Å²) in [5.74, 6) is -1.23. The van der Waals surface area contributed by atoms with E-state index in [1.165, 1.54) is 30.5 Å². The summed E-state index contributed by atoms with van der Waals surface area (Å²) in [5, 5.41) is 0.152. The molecule has 2 rings (SSSR count). The molecule has 1 aromatic heterocycles. The number of benzene rings is 1. The van der Waals surface area contributed by atoms with E-state index in [1.54, 1.807) is 20.8 Å². The number of pyridine rings is 1. The minimum atomic E-state index is -0.782. The van der Waals surface area contributed by atoms with E-state index in [9.17, 15) is 14.0 Å². The smallest absolute Gasteiger partial charge is 0.426 e. The summed E-state index contributed by atoms with van der Waals surface area (Å²) < 4.78 is 23.9. The number of aromatic nitrogens is 1. The first kappa shape index (κ1) is 19.5. The number of carbonyl (C=O) groups excluding carboxylic acids is 2. The van der Waals surface area contributed by atoms with Crippen molar-refractivity contribution in [3.63, 3.8) is 0 Å². The Morgan fingerprint density at radius 3 is 2.38 bits per heavy atom. The lowest BCUT2D eigenvalue weighted by Gasteiger charge is -2.19. The van der Waals surface area contributed by atoms with Crippen LogP contribution in [-0.2, 0) is 4.74 Å². The molecule has 0 radical (unpaired) electrons. The van der Waals surface area contributed by atoms with Crippen molar-refractivity contribution in [1.82, 2.24) is 15.8 Å². The van der Waals surface area contributed by atoms with E-state index >= 15 is 0 Å². The van der Waals surface area contributed by atoms with Gasteiger partial charge in [-0.3, -0.25) is 10.2 Å². The lowest BCUT2D eigenvalue weighted by molar-refractivity contribution is 0.0483. The number of hydrogen-bond acceptors (Lipinski definition) is 5. The Labute approximate surface area is 154 Å². The zero-order valence-corrected chi connectivity index (χ0v) is 15.1. The van der Waals surface area contributed by atoms with Crippen LogP contribution in [-0.4, -0.2) is 22.6 Å². The first-order valence-electron chi connectivity index (χ1n) is 7.52. The van der Waals surface area contributed by atoms with E-state index in [2.05, 4.69) is 15.8 Å². The van der Waals surface area contributed by atoms with Gasteiger partial charge in [-0.1, -0.05) is 11.6 Å². The van der Waals surface area contributed by atoms with Crippen molar-refractivity contribution >= 4 is 23.6 Å². The monoisotopic (exact) mass is 381 g/mol. The normalized spacial score (nSPS) is 10.8. The molecule has 1 heterocycles. The van der Waals surface area contributed by atoms with E-state index in [0.29, 0.717) is 0 Å². The molecule has 0 atom stereocenters. The van der Waals surface area contributed by atoms with Gasteiger partial charge in [0.1, 0.15) is 11.4 Å². The Balaban J connectivity index is 1.94. The van der Waals surface area contributed by atoms with E-state index in [1.807, 2.05) is 0 Å². The Bertz CT molecular complexity index is 807. The van der Waals surface area contributed by atoms with Crippen LogP contribution in [0.4, 0.5) is 9.18 Å². The molecule has 0 saturated heterocycles. The molecule has 0 saturated carbocycles. The van der Waals surface area contributed by atoms with Crippen molar-refractivity contribution in [1.29, 1.82) is 0 Å². The molecule has 2 amide bonds. The van der Waals surface area contributed by atoms with Gasteiger partial charge in [-0.15, -0.1) is 0 Å². The summed E-state index contributed by atoms with van der Waals surface area (Å²) in [4.78, 5) is 27.2. The molecule has 138 valence electrons. The highest BCUT2D eigenvalue weighted by Crippen LogP contribution is 2.24. The van der Waals surface area contributed by atoms with Gasteiger partial charge in [0, 0.05) is 11.8 Å². The number of hydrazine groups is 1. The summed E-state index contributed by atoms with van der Waals surface area (Å²) in [6, 6.07) is 6.87. The van der Waals surface area contributed by atoms with Crippen LogP contribution >= 0.6 is 11.6 Å². The second-order valence-corrected chi connectivity index (χ2v) is 6.58. The first-order valence-corrected chi connectivity index (χ1v) is 7.90. The van der Waals surface area contributed by atoms with Crippen molar-refractivity contribution in [2.24, 2.45) is 0 Å². The third kappa shape index (κ3) is 5.89. The number of amides is 2. The molecule has 0 fully saturated rings. The lowest BCUT2D eigenvalue weighted by Crippen LogP contribution is -2.44. The highest BCUT2D eigenvalue weighted by Gasteiger charge is 2.17. The SMILES string of the molecule is CC(C)(C)OC(=O)NNC(=O)c1ccc(Oc2ncc(Cl)cc2F)cc1. The van der Waals surface area contributed by atoms with Gasteiger partial charge in [-0.25, -0.2) is 19.6 Å². The predicted octanol–water partition coefficient (Wildman–Crippen LogP) is 3.84. The highest BCUT2D eigenvalue weighted by molar-refractivity contribution is 6.30. The number of hydrogen-bond donors (Lipinski definition) is 2. The molecule has 1 aromatic carbocycles. The molecular formula is C17H17ClFN3O4. The zero-order valence-electron chi connectivity index (χ0n) is 14.3. The number of carbonyl (C=O) groups is 2. The number of nitrogens with one attached hydrogen (secondary N) is 2.